The Morgan fingerprint density at radius 1 is 1.15 bits per heavy atom. The number of benzene rings is 1. The second kappa shape index (κ2) is 6.92. The lowest BCUT2D eigenvalue weighted by Crippen LogP contribution is -2.48. The van der Waals surface area contributed by atoms with E-state index in [0.29, 0.717) is 18.8 Å². The van der Waals surface area contributed by atoms with Crippen LogP contribution in [0.1, 0.15) is 21.6 Å². The maximum absolute atomic E-state index is 12.6. The minimum absolute atomic E-state index is 0.116. The van der Waals surface area contributed by atoms with Crippen molar-refractivity contribution in [2.45, 2.75) is 13.0 Å². The van der Waals surface area contributed by atoms with Crippen LogP contribution in [0.2, 0.25) is 0 Å². The Balaban J connectivity index is 1.35. The standard InChI is InChI=1S/C19H22N4O3/c1-21-18(24)5-3-16(20-21)19(25)23-9-7-22(8-10-23)13-14-2-4-17-15(12-14)6-11-26-17/h2-5,12H,6-11,13H2,1H3. The number of aromatic nitrogens is 2. The van der Waals surface area contributed by atoms with Gasteiger partial charge in [0.1, 0.15) is 11.4 Å². The Kier molecular flexibility index (Phi) is 4.46. The van der Waals surface area contributed by atoms with Crippen LogP contribution in [0.3, 0.4) is 0 Å². The van der Waals surface area contributed by atoms with Crippen LogP contribution in [0.15, 0.2) is 35.1 Å². The van der Waals surface area contributed by atoms with E-state index >= 15 is 0 Å². The average molecular weight is 354 g/mol. The second-order valence-corrected chi connectivity index (χ2v) is 6.79. The van der Waals surface area contributed by atoms with Crippen molar-refractivity contribution in [2.75, 3.05) is 32.8 Å². The number of carbonyl (C=O) groups excluding carboxylic acids is 1. The molecule has 0 N–H and O–H groups in total. The molecule has 0 unspecified atom stereocenters. The Bertz CT molecular complexity index is 885. The molecule has 1 fully saturated rings. The van der Waals surface area contributed by atoms with E-state index in [4.69, 9.17) is 4.74 Å². The summed E-state index contributed by atoms with van der Waals surface area (Å²) in [6, 6.07) is 9.30. The van der Waals surface area contributed by atoms with Crippen LogP contribution in [0.5, 0.6) is 5.75 Å². The first kappa shape index (κ1) is 16.8. The monoisotopic (exact) mass is 354 g/mol. The topological polar surface area (TPSA) is 67.7 Å². The molecule has 2 aromatic rings. The van der Waals surface area contributed by atoms with Gasteiger partial charge in [0.15, 0.2) is 0 Å². The van der Waals surface area contributed by atoms with E-state index in [-0.39, 0.29) is 11.5 Å². The number of aryl methyl sites for hydroxylation is 1. The lowest BCUT2D eigenvalue weighted by atomic mass is 10.1. The van der Waals surface area contributed by atoms with Gasteiger partial charge in [-0.05, 0) is 23.3 Å². The summed E-state index contributed by atoms with van der Waals surface area (Å²) in [6.07, 6.45) is 0.984. The largest absolute Gasteiger partial charge is 0.493 e. The van der Waals surface area contributed by atoms with Crippen LogP contribution in [-0.2, 0) is 20.0 Å². The fraction of sp³-hybridized carbons (Fsp3) is 0.421. The molecule has 1 aromatic heterocycles. The maximum Gasteiger partial charge on any atom is 0.274 e. The predicted molar refractivity (Wildman–Crippen MR) is 96.3 cm³/mol. The lowest BCUT2D eigenvalue weighted by molar-refractivity contribution is 0.0620. The van der Waals surface area contributed by atoms with E-state index in [9.17, 15) is 9.59 Å². The highest BCUT2D eigenvalue weighted by Crippen LogP contribution is 2.26. The summed E-state index contributed by atoms with van der Waals surface area (Å²) in [5.41, 5.74) is 2.68. The maximum atomic E-state index is 12.6. The summed E-state index contributed by atoms with van der Waals surface area (Å²) in [4.78, 5) is 28.2. The van der Waals surface area contributed by atoms with Gasteiger partial charge in [0.25, 0.3) is 11.5 Å². The zero-order valence-corrected chi connectivity index (χ0v) is 14.9. The third-order valence-corrected chi connectivity index (χ3v) is 5.00. The van der Waals surface area contributed by atoms with Crippen molar-refractivity contribution in [1.82, 2.24) is 19.6 Å². The number of carbonyl (C=O) groups is 1. The summed E-state index contributed by atoms with van der Waals surface area (Å²) in [5.74, 6) is 0.892. The predicted octanol–water partition coefficient (Wildman–Crippen LogP) is 0.673. The molecule has 1 amide bonds. The van der Waals surface area contributed by atoms with Crippen LogP contribution < -0.4 is 10.3 Å². The van der Waals surface area contributed by atoms with E-state index in [1.54, 1.807) is 11.9 Å². The molecule has 0 aliphatic carbocycles. The van der Waals surface area contributed by atoms with Gasteiger partial charge in [-0.1, -0.05) is 12.1 Å². The van der Waals surface area contributed by atoms with Crippen LogP contribution in [-0.4, -0.2) is 58.3 Å². The van der Waals surface area contributed by atoms with Gasteiger partial charge >= 0.3 is 0 Å². The quantitative estimate of drug-likeness (QED) is 0.811. The molecule has 0 saturated carbocycles. The van der Waals surface area contributed by atoms with Crippen LogP contribution >= 0.6 is 0 Å². The first-order valence-electron chi connectivity index (χ1n) is 8.91. The Hall–Kier alpha value is -2.67. The molecule has 136 valence electrons. The first-order chi connectivity index (χ1) is 12.6. The van der Waals surface area contributed by atoms with Crippen molar-refractivity contribution in [3.8, 4) is 5.75 Å². The number of hydrogen-bond donors (Lipinski definition) is 0. The number of fused-ring (bicyclic) bond motifs is 1. The van der Waals surface area contributed by atoms with Gasteiger partial charge in [0.2, 0.25) is 0 Å². The third kappa shape index (κ3) is 3.35. The van der Waals surface area contributed by atoms with Crippen molar-refractivity contribution >= 4 is 5.91 Å². The first-order valence-corrected chi connectivity index (χ1v) is 8.91. The minimum Gasteiger partial charge on any atom is -0.493 e. The molecule has 1 saturated heterocycles. The molecule has 0 radical (unpaired) electrons. The fourth-order valence-corrected chi connectivity index (χ4v) is 3.48. The van der Waals surface area contributed by atoms with E-state index in [1.807, 2.05) is 0 Å². The molecule has 2 aliphatic rings. The summed E-state index contributed by atoms with van der Waals surface area (Å²) >= 11 is 0. The van der Waals surface area contributed by atoms with Crippen LogP contribution in [0.4, 0.5) is 0 Å². The number of ether oxygens (including phenoxy) is 1. The Morgan fingerprint density at radius 2 is 1.96 bits per heavy atom. The van der Waals surface area contributed by atoms with E-state index in [2.05, 4.69) is 28.2 Å². The molecular formula is C19H22N4O3. The van der Waals surface area contributed by atoms with E-state index in [0.717, 1.165) is 38.4 Å². The number of piperazine rings is 1. The molecule has 1 aromatic carbocycles. The lowest BCUT2D eigenvalue weighted by Gasteiger charge is -2.34. The van der Waals surface area contributed by atoms with Crippen molar-refractivity contribution in [1.29, 1.82) is 0 Å². The molecule has 7 heteroatoms. The van der Waals surface area contributed by atoms with Crippen LogP contribution in [0, 0.1) is 0 Å². The molecule has 0 bridgehead atoms. The van der Waals surface area contributed by atoms with Gasteiger partial charge in [-0.2, -0.15) is 5.10 Å². The van der Waals surface area contributed by atoms with Gasteiger partial charge in [-0.15, -0.1) is 0 Å². The molecule has 4 rings (SSSR count). The fourth-order valence-electron chi connectivity index (χ4n) is 3.48. The zero-order chi connectivity index (χ0) is 18.1. The molecule has 3 heterocycles. The van der Waals surface area contributed by atoms with E-state index < -0.39 is 0 Å². The van der Waals surface area contributed by atoms with Gasteiger partial charge in [-0.3, -0.25) is 14.5 Å². The SMILES string of the molecule is Cn1nc(C(=O)N2CCN(Cc3ccc4c(c3)CCO4)CC2)ccc1=O. The highest BCUT2D eigenvalue weighted by molar-refractivity contribution is 5.92. The molecule has 7 nitrogen and oxygen atoms in total. The molecule has 2 aliphatic heterocycles. The van der Waals surface area contributed by atoms with Crippen molar-refractivity contribution in [3.05, 3.63) is 57.5 Å². The van der Waals surface area contributed by atoms with Gasteiger partial charge < -0.3 is 9.64 Å². The number of nitrogens with zero attached hydrogens (tertiary/aromatic N) is 4. The summed E-state index contributed by atoms with van der Waals surface area (Å²) in [7, 11) is 1.55. The van der Waals surface area contributed by atoms with Gasteiger partial charge in [-0.25, -0.2) is 4.68 Å². The smallest absolute Gasteiger partial charge is 0.274 e. The van der Waals surface area contributed by atoms with Crippen molar-refractivity contribution < 1.29 is 9.53 Å². The highest BCUT2D eigenvalue weighted by Gasteiger charge is 2.23. The number of hydrogen-bond acceptors (Lipinski definition) is 5. The van der Waals surface area contributed by atoms with E-state index in [1.165, 1.54) is 27.9 Å². The van der Waals surface area contributed by atoms with Gasteiger partial charge in [0.05, 0.1) is 6.61 Å². The number of rotatable bonds is 3. The highest BCUT2D eigenvalue weighted by atomic mass is 16.5. The van der Waals surface area contributed by atoms with Crippen LogP contribution in [0.25, 0.3) is 0 Å². The zero-order valence-electron chi connectivity index (χ0n) is 14.9. The van der Waals surface area contributed by atoms with Crippen molar-refractivity contribution in [2.24, 2.45) is 7.05 Å². The summed E-state index contributed by atoms with van der Waals surface area (Å²) in [6.45, 7) is 4.64. The Morgan fingerprint density at radius 3 is 2.73 bits per heavy atom. The third-order valence-electron chi connectivity index (χ3n) is 5.00. The second-order valence-electron chi connectivity index (χ2n) is 6.79. The average Bonchev–Trinajstić information content (AvgIpc) is 3.12. The molecule has 0 atom stereocenters. The summed E-state index contributed by atoms with van der Waals surface area (Å²) < 4.78 is 6.75. The Labute approximate surface area is 151 Å². The molecule has 0 spiro atoms. The number of amides is 1. The molecule has 26 heavy (non-hydrogen) atoms. The van der Waals surface area contributed by atoms with Gasteiger partial charge in [0, 0.05) is 52.3 Å². The summed E-state index contributed by atoms with van der Waals surface area (Å²) in [5, 5.41) is 4.06. The normalized spacial score (nSPS) is 17.0. The van der Waals surface area contributed by atoms with Crippen molar-refractivity contribution in [3.63, 3.8) is 0 Å². The minimum atomic E-state index is -0.217. The molecular weight excluding hydrogens is 332 g/mol.